The number of piperidine rings is 1. The van der Waals surface area contributed by atoms with E-state index in [1.54, 1.807) is 7.11 Å². The third-order valence-electron chi connectivity index (χ3n) is 4.82. The average Bonchev–Trinajstić information content (AvgIpc) is 3.11. The summed E-state index contributed by atoms with van der Waals surface area (Å²) in [7, 11) is 3.55. The van der Waals surface area contributed by atoms with E-state index in [1.165, 1.54) is 0 Å². The van der Waals surface area contributed by atoms with Crippen molar-refractivity contribution in [3.63, 3.8) is 0 Å². The van der Waals surface area contributed by atoms with Crippen LogP contribution in [0.5, 0.6) is 0 Å². The quantitative estimate of drug-likeness (QED) is 0.803. The van der Waals surface area contributed by atoms with Crippen molar-refractivity contribution in [1.82, 2.24) is 19.9 Å². The summed E-state index contributed by atoms with van der Waals surface area (Å²) in [5.41, 5.74) is -0.353. The molecular weight excluding hydrogens is 284 g/mol. The number of hydrogen-bond acceptors (Lipinski definition) is 6. The second-order valence-corrected chi connectivity index (χ2v) is 6.23. The van der Waals surface area contributed by atoms with Crippen LogP contribution in [0.25, 0.3) is 0 Å². The lowest BCUT2D eigenvalue weighted by Gasteiger charge is -2.43. The molecule has 3 rings (SSSR count). The first-order chi connectivity index (χ1) is 10.7. The second-order valence-electron chi connectivity index (χ2n) is 6.23. The molecule has 0 aliphatic carbocycles. The Kier molecular flexibility index (Phi) is 4.44. The van der Waals surface area contributed by atoms with Gasteiger partial charge >= 0.3 is 0 Å². The summed E-state index contributed by atoms with van der Waals surface area (Å²) >= 11 is 0. The Balaban J connectivity index is 1.71. The summed E-state index contributed by atoms with van der Waals surface area (Å²) in [6.45, 7) is 2.90. The van der Waals surface area contributed by atoms with Gasteiger partial charge in [0.05, 0.1) is 13.2 Å². The molecule has 1 aromatic rings. The van der Waals surface area contributed by atoms with Crippen LogP contribution < -0.4 is 0 Å². The van der Waals surface area contributed by atoms with Crippen molar-refractivity contribution in [3.8, 4) is 0 Å². The zero-order chi connectivity index (χ0) is 15.6. The first-order valence-corrected chi connectivity index (χ1v) is 7.97. The number of hydrogen-bond donors (Lipinski definition) is 0. The Morgan fingerprint density at radius 2 is 2.09 bits per heavy atom. The van der Waals surface area contributed by atoms with Gasteiger partial charge in [0, 0.05) is 27.1 Å². The maximum absolute atomic E-state index is 12.7. The van der Waals surface area contributed by atoms with E-state index in [0.717, 1.165) is 38.8 Å². The fraction of sp³-hybridized carbons (Fsp3) is 0.800. The highest BCUT2D eigenvalue weighted by molar-refractivity contribution is 5.87. The van der Waals surface area contributed by atoms with Gasteiger partial charge in [0.1, 0.15) is 5.54 Å². The van der Waals surface area contributed by atoms with Gasteiger partial charge in [-0.3, -0.25) is 9.69 Å². The van der Waals surface area contributed by atoms with Crippen LogP contribution in [-0.4, -0.2) is 65.2 Å². The van der Waals surface area contributed by atoms with Crippen molar-refractivity contribution in [2.45, 2.75) is 44.2 Å². The molecule has 122 valence electrons. The van der Waals surface area contributed by atoms with Gasteiger partial charge in [-0.1, -0.05) is 5.16 Å². The Morgan fingerprint density at radius 3 is 2.86 bits per heavy atom. The highest BCUT2D eigenvalue weighted by Crippen LogP contribution is 2.38. The highest BCUT2D eigenvalue weighted by atomic mass is 16.5. The number of methoxy groups -OCH3 is 1. The number of ether oxygens (including phenoxy) is 1. The zero-order valence-electron chi connectivity index (χ0n) is 13.4. The van der Waals surface area contributed by atoms with E-state index >= 15 is 0 Å². The van der Waals surface area contributed by atoms with Crippen LogP contribution in [0.1, 0.15) is 37.4 Å². The fourth-order valence-corrected chi connectivity index (χ4v) is 3.68. The standard InChI is InChI=1S/C15H24N4O3/c1-18-8-3-6-15(14(18)20)7-4-9-19(15)11-13-16-12(17-22-13)5-10-21-2/h3-11H2,1-2H3. The topological polar surface area (TPSA) is 71.7 Å². The molecule has 1 unspecified atom stereocenters. The summed E-state index contributed by atoms with van der Waals surface area (Å²) in [6, 6.07) is 0. The molecule has 1 atom stereocenters. The van der Waals surface area contributed by atoms with Gasteiger partial charge in [0.2, 0.25) is 11.8 Å². The molecule has 0 N–H and O–H groups in total. The second kappa shape index (κ2) is 6.34. The van der Waals surface area contributed by atoms with E-state index in [2.05, 4.69) is 15.0 Å². The maximum atomic E-state index is 12.7. The number of aromatic nitrogens is 2. The zero-order valence-corrected chi connectivity index (χ0v) is 13.4. The predicted molar refractivity (Wildman–Crippen MR) is 79.1 cm³/mol. The Hall–Kier alpha value is -1.47. The van der Waals surface area contributed by atoms with Crippen LogP contribution in [0.3, 0.4) is 0 Å². The molecule has 0 saturated carbocycles. The van der Waals surface area contributed by atoms with E-state index in [0.29, 0.717) is 31.3 Å². The number of carbonyl (C=O) groups excluding carboxylic acids is 1. The Morgan fingerprint density at radius 1 is 1.32 bits per heavy atom. The first-order valence-electron chi connectivity index (χ1n) is 7.97. The average molecular weight is 308 g/mol. The van der Waals surface area contributed by atoms with Crippen LogP contribution in [0.4, 0.5) is 0 Å². The van der Waals surface area contributed by atoms with Crippen LogP contribution >= 0.6 is 0 Å². The number of likely N-dealkylation sites (N-methyl/N-ethyl adjacent to an activating group) is 1. The Labute approximate surface area is 130 Å². The predicted octanol–water partition coefficient (Wildman–Crippen LogP) is 0.845. The highest BCUT2D eigenvalue weighted by Gasteiger charge is 2.50. The minimum absolute atomic E-state index is 0.246. The van der Waals surface area contributed by atoms with Gasteiger partial charge in [-0.05, 0) is 32.2 Å². The summed E-state index contributed by atoms with van der Waals surface area (Å²) < 4.78 is 10.4. The minimum atomic E-state index is -0.353. The van der Waals surface area contributed by atoms with E-state index in [9.17, 15) is 4.79 Å². The summed E-state index contributed by atoms with van der Waals surface area (Å²) in [5, 5.41) is 3.98. The molecule has 1 amide bonds. The molecule has 0 bridgehead atoms. The van der Waals surface area contributed by atoms with Crippen molar-refractivity contribution < 1.29 is 14.1 Å². The van der Waals surface area contributed by atoms with Crippen LogP contribution in [0, 0.1) is 0 Å². The molecule has 0 aromatic carbocycles. The molecule has 2 saturated heterocycles. The minimum Gasteiger partial charge on any atom is -0.384 e. The third-order valence-corrected chi connectivity index (χ3v) is 4.82. The summed E-state index contributed by atoms with van der Waals surface area (Å²) in [4.78, 5) is 21.2. The van der Waals surface area contributed by atoms with E-state index in [-0.39, 0.29) is 11.4 Å². The van der Waals surface area contributed by atoms with Crippen molar-refractivity contribution in [3.05, 3.63) is 11.7 Å². The largest absolute Gasteiger partial charge is 0.384 e. The molecule has 2 fully saturated rings. The van der Waals surface area contributed by atoms with Crippen molar-refractivity contribution >= 4 is 5.91 Å². The molecule has 7 nitrogen and oxygen atoms in total. The van der Waals surface area contributed by atoms with Crippen molar-refractivity contribution in [2.24, 2.45) is 0 Å². The lowest BCUT2D eigenvalue weighted by atomic mass is 9.85. The number of amides is 1. The molecular formula is C15H24N4O3. The van der Waals surface area contributed by atoms with Gasteiger partial charge in [-0.25, -0.2) is 0 Å². The molecule has 7 heteroatoms. The van der Waals surface area contributed by atoms with Crippen molar-refractivity contribution in [1.29, 1.82) is 0 Å². The normalized spacial score (nSPS) is 26.3. The lowest BCUT2D eigenvalue weighted by Crippen LogP contribution is -2.58. The molecule has 2 aliphatic heterocycles. The Bertz CT molecular complexity index is 533. The first kappa shape index (κ1) is 15.4. The fourth-order valence-electron chi connectivity index (χ4n) is 3.68. The lowest BCUT2D eigenvalue weighted by molar-refractivity contribution is -0.146. The van der Waals surface area contributed by atoms with E-state index < -0.39 is 0 Å². The van der Waals surface area contributed by atoms with Crippen LogP contribution in [0.15, 0.2) is 4.52 Å². The molecule has 0 radical (unpaired) electrons. The van der Waals surface area contributed by atoms with Gasteiger partial charge < -0.3 is 14.2 Å². The number of nitrogens with zero attached hydrogens (tertiary/aromatic N) is 4. The molecule has 2 aliphatic rings. The van der Waals surface area contributed by atoms with Gasteiger partial charge in [0.15, 0.2) is 5.82 Å². The van der Waals surface area contributed by atoms with Gasteiger partial charge in [0.25, 0.3) is 0 Å². The van der Waals surface area contributed by atoms with Crippen LogP contribution in [0.2, 0.25) is 0 Å². The molecule has 1 aromatic heterocycles. The number of likely N-dealkylation sites (tertiary alicyclic amines) is 2. The van der Waals surface area contributed by atoms with Gasteiger partial charge in [-0.2, -0.15) is 4.98 Å². The van der Waals surface area contributed by atoms with E-state index in [4.69, 9.17) is 9.26 Å². The summed E-state index contributed by atoms with van der Waals surface area (Å²) in [5.74, 6) is 1.50. The van der Waals surface area contributed by atoms with Crippen molar-refractivity contribution in [2.75, 3.05) is 33.9 Å². The van der Waals surface area contributed by atoms with Gasteiger partial charge in [-0.15, -0.1) is 0 Å². The molecule has 22 heavy (non-hydrogen) atoms. The maximum Gasteiger partial charge on any atom is 0.242 e. The third kappa shape index (κ3) is 2.75. The molecule has 3 heterocycles. The smallest absolute Gasteiger partial charge is 0.242 e. The molecule has 1 spiro atoms. The number of rotatable bonds is 5. The van der Waals surface area contributed by atoms with E-state index in [1.807, 2.05) is 11.9 Å². The number of carbonyl (C=O) groups is 1. The summed E-state index contributed by atoms with van der Waals surface area (Å²) in [6.07, 6.45) is 4.61. The van der Waals surface area contributed by atoms with Crippen LogP contribution in [-0.2, 0) is 22.5 Å². The monoisotopic (exact) mass is 308 g/mol. The SMILES string of the molecule is COCCc1noc(CN2CCCC23CCCN(C)C3=O)n1.